The number of rotatable bonds is 5. The van der Waals surface area contributed by atoms with Gasteiger partial charge in [-0.15, -0.1) is 0 Å². The van der Waals surface area contributed by atoms with Gasteiger partial charge in [0, 0.05) is 26.2 Å². The molecule has 6 nitrogen and oxygen atoms in total. The number of hydrogen-bond acceptors (Lipinski definition) is 5. The normalized spacial score (nSPS) is 17.4. The van der Waals surface area contributed by atoms with Crippen LogP contribution in [0.25, 0.3) is 0 Å². The standard InChI is InChI=1S/C13H22N4O2S/c1-2-3-10-20(18,19)17-8-6-16(7-9-17)13-5-4-12(14)11-15-13/h4-5,11H,2-3,6-10,14H2,1H3. The van der Waals surface area contributed by atoms with Crippen LogP contribution in [0.4, 0.5) is 11.5 Å². The number of nitrogen functional groups attached to an aromatic ring is 1. The Hall–Kier alpha value is -1.34. The van der Waals surface area contributed by atoms with E-state index < -0.39 is 10.0 Å². The minimum absolute atomic E-state index is 0.254. The lowest BCUT2D eigenvalue weighted by atomic mass is 10.3. The molecule has 0 radical (unpaired) electrons. The van der Waals surface area contributed by atoms with Gasteiger partial charge in [-0.25, -0.2) is 13.4 Å². The molecule has 0 aromatic carbocycles. The molecule has 0 unspecified atom stereocenters. The first-order chi connectivity index (χ1) is 9.53. The number of anilines is 2. The summed E-state index contributed by atoms with van der Waals surface area (Å²) in [4.78, 5) is 6.36. The molecule has 0 atom stereocenters. The van der Waals surface area contributed by atoms with Crippen LogP contribution in [0.5, 0.6) is 0 Å². The molecule has 1 aromatic rings. The van der Waals surface area contributed by atoms with Crippen molar-refractivity contribution < 1.29 is 8.42 Å². The molecule has 112 valence electrons. The van der Waals surface area contributed by atoms with Gasteiger partial charge in [-0.3, -0.25) is 0 Å². The maximum Gasteiger partial charge on any atom is 0.214 e. The molecule has 0 bridgehead atoms. The highest BCUT2D eigenvalue weighted by molar-refractivity contribution is 7.89. The van der Waals surface area contributed by atoms with E-state index in [1.54, 1.807) is 10.5 Å². The number of aromatic nitrogens is 1. The van der Waals surface area contributed by atoms with Gasteiger partial charge in [0.1, 0.15) is 5.82 Å². The van der Waals surface area contributed by atoms with E-state index in [4.69, 9.17) is 5.73 Å². The fourth-order valence-corrected chi connectivity index (χ4v) is 3.87. The van der Waals surface area contributed by atoms with Crippen molar-refractivity contribution in [3.63, 3.8) is 0 Å². The summed E-state index contributed by atoms with van der Waals surface area (Å²) in [5, 5.41) is 0. The summed E-state index contributed by atoms with van der Waals surface area (Å²) in [7, 11) is -3.09. The first kappa shape index (κ1) is 15.1. The Kier molecular flexibility index (Phi) is 4.82. The van der Waals surface area contributed by atoms with Crippen LogP contribution in [-0.2, 0) is 10.0 Å². The Labute approximate surface area is 120 Å². The number of pyridine rings is 1. The van der Waals surface area contributed by atoms with Gasteiger partial charge < -0.3 is 10.6 Å². The van der Waals surface area contributed by atoms with Crippen molar-refractivity contribution in [3.8, 4) is 0 Å². The summed E-state index contributed by atoms with van der Waals surface area (Å²) in [6, 6.07) is 3.68. The van der Waals surface area contributed by atoms with E-state index in [1.807, 2.05) is 19.1 Å². The molecular formula is C13H22N4O2S. The highest BCUT2D eigenvalue weighted by Gasteiger charge is 2.26. The molecule has 1 fully saturated rings. The lowest BCUT2D eigenvalue weighted by Crippen LogP contribution is -2.49. The van der Waals surface area contributed by atoms with Crippen molar-refractivity contribution >= 4 is 21.5 Å². The lowest BCUT2D eigenvalue weighted by molar-refractivity contribution is 0.383. The first-order valence-electron chi connectivity index (χ1n) is 6.97. The minimum Gasteiger partial charge on any atom is -0.397 e. The smallest absolute Gasteiger partial charge is 0.214 e. The molecule has 1 aliphatic rings. The Morgan fingerprint density at radius 3 is 2.50 bits per heavy atom. The van der Waals surface area contributed by atoms with Crippen LogP contribution in [0.1, 0.15) is 19.8 Å². The summed E-state index contributed by atoms with van der Waals surface area (Å²) in [6.45, 7) is 4.39. The van der Waals surface area contributed by atoms with Gasteiger partial charge in [-0.1, -0.05) is 13.3 Å². The average molecular weight is 298 g/mol. The Morgan fingerprint density at radius 1 is 1.25 bits per heavy atom. The van der Waals surface area contributed by atoms with Gasteiger partial charge in [0.25, 0.3) is 0 Å². The fraction of sp³-hybridized carbons (Fsp3) is 0.615. The molecule has 0 aliphatic carbocycles. The predicted octanol–water partition coefficient (Wildman–Crippen LogP) is 0.916. The van der Waals surface area contributed by atoms with Gasteiger partial charge in [0.05, 0.1) is 17.6 Å². The first-order valence-corrected chi connectivity index (χ1v) is 8.58. The van der Waals surface area contributed by atoms with Crippen LogP contribution >= 0.6 is 0 Å². The average Bonchev–Trinajstić information content (AvgIpc) is 2.46. The zero-order valence-corrected chi connectivity index (χ0v) is 12.6. The molecular weight excluding hydrogens is 276 g/mol. The number of nitrogens with zero attached hydrogens (tertiary/aromatic N) is 3. The zero-order chi connectivity index (χ0) is 14.6. The van der Waals surface area contributed by atoms with Crippen LogP contribution in [0.15, 0.2) is 18.3 Å². The van der Waals surface area contributed by atoms with Gasteiger partial charge in [-0.05, 0) is 18.6 Å². The number of unbranched alkanes of at least 4 members (excludes halogenated alkanes) is 1. The van der Waals surface area contributed by atoms with Crippen molar-refractivity contribution in [1.82, 2.24) is 9.29 Å². The number of piperazine rings is 1. The van der Waals surface area contributed by atoms with E-state index in [2.05, 4.69) is 9.88 Å². The highest BCUT2D eigenvalue weighted by Crippen LogP contribution is 2.16. The Balaban J connectivity index is 1.93. The van der Waals surface area contributed by atoms with Crippen molar-refractivity contribution in [3.05, 3.63) is 18.3 Å². The van der Waals surface area contributed by atoms with Crippen LogP contribution < -0.4 is 10.6 Å². The quantitative estimate of drug-likeness (QED) is 0.874. The molecule has 20 heavy (non-hydrogen) atoms. The molecule has 2 N–H and O–H groups in total. The van der Waals surface area contributed by atoms with Crippen molar-refractivity contribution in [2.45, 2.75) is 19.8 Å². The summed E-state index contributed by atoms with van der Waals surface area (Å²) in [5.74, 6) is 1.11. The fourth-order valence-electron chi connectivity index (χ4n) is 2.24. The van der Waals surface area contributed by atoms with E-state index in [0.717, 1.165) is 18.7 Å². The second kappa shape index (κ2) is 6.41. The van der Waals surface area contributed by atoms with E-state index in [9.17, 15) is 8.42 Å². The second-order valence-electron chi connectivity index (χ2n) is 5.01. The number of sulfonamides is 1. The van der Waals surface area contributed by atoms with Gasteiger partial charge in [-0.2, -0.15) is 4.31 Å². The van der Waals surface area contributed by atoms with Crippen LogP contribution in [-0.4, -0.2) is 49.6 Å². The van der Waals surface area contributed by atoms with Crippen molar-refractivity contribution in [2.24, 2.45) is 0 Å². The van der Waals surface area contributed by atoms with Gasteiger partial charge in [0.15, 0.2) is 0 Å². The SMILES string of the molecule is CCCCS(=O)(=O)N1CCN(c2ccc(N)cn2)CC1. The highest BCUT2D eigenvalue weighted by atomic mass is 32.2. The Morgan fingerprint density at radius 2 is 1.95 bits per heavy atom. The third-order valence-corrected chi connectivity index (χ3v) is 5.44. The molecule has 1 aromatic heterocycles. The summed E-state index contributed by atoms with van der Waals surface area (Å²) < 4.78 is 25.8. The minimum atomic E-state index is -3.09. The predicted molar refractivity (Wildman–Crippen MR) is 81.1 cm³/mol. The topological polar surface area (TPSA) is 79.5 Å². The summed E-state index contributed by atoms with van der Waals surface area (Å²) in [6.07, 6.45) is 3.25. The monoisotopic (exact) mass is 298 g/mol. The third-order valence-electron chi connectivity index (χ3n) is 3.48. The Bertz CT molecular complexity index is 522. The van der Waals surface area contributed by atoms with Crippen LogP contribution in [0.3, 0.4) is 0 Å². The molecule has 0 spiro atoms. The van der Waals surface area contributed by atoms with Crippen molar-refractivity contribution in [2.75, 3.05) is 42.6 Å². The molecule has 2 rings (SSSR count). The van der Waals surface area contributed by atoms with Gasteiger partial charge >= 0.3 is 0 Å². The zero-order valence-electron chi connectivity index (χ0n) is 11.8. The number of hydrogen-bond donors (Lipinski definition) is 1. The molecule has 0 saturated carbocycles. The summed E-state index contributed by atoms with van der Waals surface area (Å²) in [5.41, 5.74) is 6.25. The largest absolute Gasteiger partial charge is 0.397 e. The van der Waals surface area contributed by atoms with E-state index in [-0.39, 0.29) is 5.75 Å². The summed E-state index contributed by atoms with van der Waals surface area (Å²) >= 11 is 0. The molecule has 7 heteroatoms. The van der Waals surface area contributed by atoms with E-state index in [1.165, 1.54) is 0 Å². The van der Waals surface area contributed by atoms with Crippen LogP contribution in [0.2, 0.25) is 0 Å². The van der Waals surface area contributed by atoms with Crippen molar-refractivity contribution in [1.29, 1.82) is 0 Å². The van der Waals surface area contributed by atoms with Gasteiger partial charge in [0.2, 0.25) is 10.0 Å². The maximum absolute atomic E-state index is 12.1. The molecule has 1 aliphatic heterocycles. The third kappa shape index (κ3) is 3.61. The maximum atomic E-state index is 12.1. The molecule has 0 amide bonds. The van der Waals surface area contributed by atoms with E-state index in [0.29, 0.717) is 31.9 Å². The second-order valence-corrected chi connectivity index (χ2v) is 7.09. The van der Waals surface area contributed by atoms with Crippen LogP contribution in [0, 0.1) is 0 Å². The molecule has 2 heterocycles. The van der Waals surface area contributed by atoms with E-state index >= 15 is 0 Å². The number of nitrogens with two attached hydrogens (primary N) is 1. The lowest BCUT2D eigenvalue weighted by Gasteiger charge is -2.34. The molecule has 1 saturated heterocycles.